The summed E-state index contributed by atoms with van der Waals surface area (Å²) in [5, 5.41) is 14.1. The normalized spacial score (nSPS) is 26.5. The maximum Gasteiger partial charge on any atom is 0.330 e. The number of ether oxygens (including phenoxy) is 1. The van der Waals surface area contributed by atoms with Crippen LogP contribution in [-0.2, 0) is 9.16 Å². The van der Waals surface area contributed by atoms with Gasteiger partial charge in [0.15, 0.2) is 14.5 Å². The van der Waals surface area contributed by atoms with Gasteiger partial charge in [-0.15, -0.1) is 0 Å². The number of nitrogens with one attached hydrogen (secondary N) is 1. The van der Waals surface area contributed by atoms with E-state index in [4.69, 9.17) is 14.7 Å². The third kappa shape index (κ3) is 4.08. The second-order valence-electron chi connectivity index (χ2n) is 7.84. The first-order valence-corrected chi connectivity index (χ1v) is 11.2. The van der Waals surface area contributed by atoms with Crippen LogP contribution in [0, 0.1) is 0 Å². The van der Waals surface area contributed by atoms with E-state index in [1.807, 2.05) is 0 Å². The minimum atomic E-state index is -2.08. The number of rotatable bonds is 5. The summed E-state index contributed by atoms with van der Waals surface area (Å²) in [5.74, 6) is 0. The standard InChI is InChI=1S/C15H25N5O5Si/c1-15(2,3)26(4,5)24-8-9-11(18-19-16)12(22)13(25-9)20-7-6-10(21)17-14(20)23/h6-7,9,11-13,22H,8H2,1-5H3,(H,17,21,23)/t9-,11+,12-,13-/m1/s1. The molecule has 10 nitrogen and oxygen atoms in total. The van der Waals surface area contributed by atoms with Gasteiger partial charge in [0, 0.05) is 17.2 Å². The van der Waals surface area contributed by atoms with Crippen LogP contribution in [0.25, 0.3) is 10.4 Å². The smallest absolute Gasteiger partial charge is 0.330 e. The zero-order valence-corrected chi connectivity index (χ0v) is 16.5. The molecule has 2 N–H and O–H groups in total. The summed E-state index contributed by atoms with van der Waals surface area (Å²) in [6.07, 6.45) is -1.80. The van der Waals surface area contributed by atoms with E-state index in [2.05, 4.69) is 48.9 Å². The molecule has 2 heterocycles. The van der Waals surface area contributed by atoms with Crippen LogP contribution in [0.2, 0.25) is 18.1 Å². The van der Waals surface area contributed by atoms with Gasteiger partial charge in [-0.1, -0.05) is 25.9 Å². The molecule has 4 atom stereocenters. The van der Waals surface area contributed by atoms with Crippen molar-refractivity contribution in [3.8, 4) is 0 Å². The molecule has 26 heavy (non-hydrogen) atoms. The first-order valence-electron chi connectivity index (χ1n) is 8.31. The average Bonchev–Trinajstić information content (AvgIpc) is 2.82. The molecule has 11 heteroatoms. The summed E-state index contributed by atoms with van der Waals surface area (Å²) < 4.78 is 13.0. The first kappa shape index (κ1) is 20.4. The van der Waals surface area contributed by atoms with E-state index in [9.17, 15) is 14.7 Å². The minimum Gasteiger partial charge on any atom is -0.414 e. The van der Waals surface area contributed by atoms with Crippen molar-refractivity contribution < 1.29 is 14.3 Å². The van der Waals surface area contributed by atoms with Gasteiger partial charge in [0.25, 0.3) is 5.56 Å². The molecule has 0 aromatic carbocycles. The van der Waals surface area contributed by atoms with Crippen LogP contribution in [0.4, 0.5) is 0 Å². The maximum absolute atomic E-state index is 12.0. The molecule has 1 aromatic rings. The number of aromatic nitrogens is 2. The number of aromatic amines is 1. The van der Waals surface area contributed by atoms with Gasteiger partial charge >= 0.3 is 5.69 Å². The molecule has 1 saturated heterocycles. The number of hydrogen-bond donors (Lipinski definition) is 2. The summed E-state index contributed by atoms with van der Waals surface area (Å²) in [6, 6.07) is 0.244. The molecular formula is C15H25N5O5Si. The van der Waals surface area contributed by atoms with E-state index < -0.39 is 44.0 Å². The largest absolute Gasteiger partial charge is 0.414 e. The van der Waals surface area contributed by atoms with Gasteiger partial charge in [-0.3, -0.25) is 14.3 Å². The topological polar surface area (TPSA) is 142 Å². The Bertz CT molecular complexity index is 808. The van der Waals surface area contributed by atoms with E-state index in [1.165, 1.54) is 6.20 Å². The van der Waals surface area contributed by atoms with E-state index in [1.54, 1.807) is 0 Å². The van der Waals surface area contributed by atoms with Crippen molar-refractivity contribution in [3.05, 3.63) is 43.5 Å². The zero-order chi connectivity index (χ0) is 19.7. The Morgan fingerprint density at radius 3 is 2.65 bits per heavy atom. The number of hydrogen-bond acceptors (Lipinski definition) is 6. The molecule has 0 saturated carbocycles. The summed E-state index contributed by atoms with van der Waals surface area (Å²) in [5.41, 5.74) is 7.54. The van der Waals surface area contributed by atoms with E-state index in [0.29, 0.717) is 0 Å². The molecule has 0 spiro atoms. The number of aliphatic hydroxyl groups excluding tert-OH is 1. The van der Waals surface area contributed by atoms with E-state index >= 15 is 0 Å². The minimum absolute atomic E-state index is 0.0204. The highest BCUT2D eigenvalue weighted by Crippen LogP contribution is 2.38. The van der Waals surface area contributed by atoms with Crippen molar-refractivity contribution in [2.24, 2.45) is 5.11 Å². The highest BCUT2D eigenvalue weighted by atomic mass is 28.4. The lowest BCUT2D eigenvalue weighted by molar-refractivity contribution is -0.0516. The molecule has 144 valence electrons. The summed E-state index contributed by atoms with van der Waals surface area (Å²) in [4.78, 5) is 28.1. The van der Waals surface area contributed by atoms with Gasteiger partial charge in [-0.05, 0) is 23.7 Å². The monoisotopic (exact) mass is 383 g/mol. The lowest BCUT2D eigenvalue weighted by Crippen LogP contribution is -2.44. The highest BCUT2D eigenvalue weighted by Gasteiger charge is 2.46. The fourth-order valence-corrected chi connectivity index (χ4v) is 3.45. The number of nitrogens with zero attached hydrogens (tertiary/aromatic N) is 4. The predicted octanol–water partition coefficient (Wildman–Crippen LogP) is 1.50. The molecule has 2 rings (SSSR count). The zero-order valence-electron chi connectivity index (χ0n) is 15.5. The van der Waals surface area contributed by atoms with Gasteiger partial charge in [0.05, 0.1) is 18.8 Å². The lowest BCUT2D eigenvalue weighted by Gasteiger charge is -2.37. The van der Waals surface area contributed by atoms with Gasteiger partial charge in [-0.25, -0.2) is 4.79 Å². The second-order valence-corrected chi connectivity index (χ2v) is 12.6. The Balaban J connectivity index is 2.25. The lowest BCUT2D eigenvalue weighted by atomic mass is 10.1. The van der Waals surface area contributed by atoms with Gasteiger partial charge in [-0.2, -0.15) is 0 Å². The predicted molar refractivity (Wildman–Crippen MR) is 97.3 cm³/mol. The van der Waals surface area contributed by atoms with Crippen molar-refractivity contribution in [2.75, 3.05) is 6.61 Å². The van der Waals surface area contributed by atoms with Crippen LogP contribution >= 0.6 is 0 Å². The number of azide groups is 1. The Morgan fingerprint density at radius 2 is 2.12 bits per heavy atom. The fourth-order valence-electron chi connectivity index (χ4n) is 2.43. The van der Waals surface area contributed by atoms with Crippen LogP contribution in [0.3, 0.4) is 0 Å². The second kappa shape index (κ2) is 7.37. The van der Waals surface area contributed by atoms with Gasteiger partial charge in [0.1, 0.15) is 6.10 Å². The highest BCUT2D eigenvalue weighted by molar-refractivity contribution is 6.74. The van der Waals surface area contributed by atoms with E-state index in [0.717, 1.165) is 10.6 Å². The maximum atomic E-state index is 12.0. The molecule has 0 radical (unpaired) electrons. The SMILES string of the molecule is CC(C)(C)[Si](C)(C)OC[C@H]1O[C@@H](n2ccc(=O)[nH]c2=O)[C@H](O)[C@H]1N=[N+]=[N-]. The molecule has 1 aromatic heterocycles. The van der Waals surface area contributed by atoms with Crippen LogP contribution in [0.15, 0.2) is 27.0 Å². The van der Waals surface area contributed by atoms with Gasteiger partial charge in [0.2, 0.25) is 0 Å². The molecule has 0 unspecified atom stereocenters. The quantitative estimate of drug-likeness (QED) is 0.343. The average molecular weight is 383 g/mol. The fraction of sp³-hybridized carbons (Fsp3) is 0.733. The molecular weight excluding hydrogens is 358 g/mol. The van der Waals surface area contributed by atoms with Crippen LogP contribution in [0.1, 0.15) is 27.0 Å². The molecule has 1 aliphatic heterocycles. The van der Waals surface area contributed by atoms with E-state index in [-0.39, 0.29) is 11.6 Å². The molecule has 1 aliphatic rings. The van der Waals surface area contributed by atoms with Crippen LogP contribution < -0.4 is 11.2 Å². The third-order valence-corrected chi connectivity index (χ3v) is 9.56. The third-order valence-electron chi connectivity index (χ3n) is 5.06. The van der Waals surface area contributed by atoms with Crippen LogP contribution in [-0.4, -0.2) is 47.8 Å². The number of H-pyrrole nitrogens is 1. The Labute approximate surface area is 151 Å². The summed E-state index contributed by atoms with van der Waals surface area (Å²) in [6.45, 7) is 10.6. The summed E-state index contributed by atoms with van der Waals surface area (Å²) >= 11 is 0. The van der Waals surface area contributed by atoms with Gasteiger partial charge < -0.3 is 14.3 Å². The Kier molecular flexibility index (Phi) is 5.78. The molecule has 0 amide bonds. The number of aliphatic hydroxyl groups is 1. The van der Waals surface area contributed by atoms with Crippen molar-refractivity contribution in [1.29, 1.82) is 0 Å². The van der Waals surface area contributed by atoms with Crippen molar-refractivity contribution in [1.82, 2.24) is 9.55 Å². The summed E-state index contributed by atoms with van der Waals surface area (Å²) in [7, 11) is -2.08. The molecule has 0 bridgehead atoms. The Morgan fingerprint density at radius 1 is 1.46 bits per heavy atom. The van der Waals surface area contributed by atoms with Crippen molar-refractivity contribution in [2.45, 2.75) is 63.4 Å². The Hall–Kier alpha value is -1.91. The molecule has 0 aliphatic carbocycles. The van der Waals surface area contributed by atoms with Crippen molar-refractivity contribution in [3.63, 3.8) is 0 Å². The van der Waals surface area contributed by atoms with Crippen LogP contribution in [0.5, 0.6) is 0 Å². The first-order chi connectivity index (χ1) is 12.0. The molecule has 1 fully saturated rings. The van der Waals surface area contributed by atoms with Crippen molar-refractivity contribution >= 4 is 8.32 Å².